The summed E-state index contributed by atoms with van der Waals surface area (Å²) >= 11 is 0. The molecule has 1 aromatic rings. The predicted octanol–water partition coefficient (Wildman–Crippen LogP) is 1.57. The first-order valence-corrected chi connectivity index (χ1v) is 10.4. The van der Waals surface area contributed by atoms with Gasteiger partial charge in [0, 0.05) is 24.2 Å². The van der Waals surface area contributed by atoms with Gasteiger partial charge >= 0.3 is 5.97 Å². The topological polar surface area (TPSA) is 124 Å². The summed E-state index contributed by atoms with van der Waals surface area (Å²) in [5.74, 6) is -1.28. The van der Waals surface area contributed by atoms with Crippen LogP contribution >= 0.6 is 0 Å². The van der Waals surface area contributed by atoms with Crippen LogP contribution < -0.4 is 0 Å². The summed E-state index contributed by atoms with van der Waals surface area (Å²) in [4.78, 5) is 36.2. The minimum atomic E-state index is -3.16. The van der Waals surface area contributed by atoms with Gasteiger partial charge < -0.3 is 9.64 Å². The number of amides is 1. The molecule has 0 aliphatic carbocycles. The summed E-state index contributed by atoms with van der Waals surface area (Å²) in [6.07, 6.45) is 1.01. The van der Waals surface area contributed by atoms with Crippen molar-refractivity contribution in [1.29, 1.82) is 0 Å². The van der Waals surface area contributed by atoms with Gasteiger partial charge in [0.05, 0.1) is 22.0 Å². The lowest BCUT2D eigenvalue weighted by molar-refractivity contribution is -0.384. The van der Waals surface area contributed by atoms with E-state index < -0.39 is 39.3 Å². The molecule has 1 aromatic carbocycles. The van der Waals surface area contributed by atoms with E-state index in [1.54, 1.807) is 0 Å². The molecule has 0 saturated carbocycles. The number of rotatable bonds is 7. The molecule has 0 bridgehead atoms. The van der Waals surface area contributed by atoms with Crippen LogP contribution in [0.4, 0.5) is 5.69 Å². The molecular weight excluding hydrogens is 376 g/mol. The highest BCUT2D eigenvalue weighted by Gasteiger charge is 2.36. The number of hydrogen-bond donors (Lipinski definition) is 0. The van der Waals surface area contributed by atoms with E-state index in [-0.39, 0.29) is 28.8 Å². The van der Waals surface area contributed by atoms with E-state index in [1.807, 2.05) is 13.8 Å². The lowest BCUT2D eigenvalue weighted by Gasteiger charge is -2.33. The molecule has 1 saturated heterocycles. The quantitative estimate of drug-likeness (QED) is 0.388. The molecule has 1 amide bonds. The molecule has 1 fully saturated rings. The maximum Gasteiger partial charge on any atom is 0.338 e. The predicted molar refractivity (Wildman–Crippen MR) is 97.0 cm³/mol. The van der Waals surface area contributed by atoms with Gasteiger partial charge in [0.25, 0.3) is 11.6 Å². The number of nitro benzene ring substituents is 1. The Kier molecular flexibility index (Phi) is 6.53. The standard InChI is InChI=1S/C17H22N2O7S/c1-3-12(2)18(15-8-9-27(24,25)11-15)16(20)10-26-17(21)13-4-6-14(7-5-13)19(22)23/h4-7,12,15H,3,8-11H2,1-2H3/t12-,15+/m1/s1. The number of carbonyl (C=O) groups excluding carboxylic acids is 2. The smallest absolute Gasteiger partial charge is 0.338 e. The summed E-state index contributed by atoms with van der Waals surface area (Å²) in [6, 6.07) is 4.24. The molecule has 9 nitrogen and oxygen atoms in total. The molecule has 2 rings (SSSR count). The van der Waals surface area contributed by atoms with Crippen molar-refractivity contribution < 1.29 is 27.7 Å². The summed E-state index contributed by atoms with van der Waals surface area (Å²) in [5, 5.41) is 10.6. The summed E-state index contributed by atoms with van der Waals surface area (Å²) < 4.78 is 28.5. The Morgan fingerprint density at radius 2 is 1.96 bits per heavy atom. The Labute approximate surface area is 157 Å². The SMILES string of the molecule is CC[C@@H](C)N(C(=O)COC(=O)c1ccc([N+](=O)[O-])cc1)[C@H]1CCS(=O)(=O)C1. The molecule has 0 N–H and O–H groups in total. The first kappa shape index (κ1) is 20.8. The monoisotopic (exact) mass is 398 g/mol. The Morgan fingerprint density at radius 1 is 1.33 bits per heavy atom. The molecule has 27 heavy (non-hydrogen) atoms. The number of benzene rings is 1. The van der Waals surface area contributed by atoms with Crippen LogP contribution in [0.5, 0.6) is 0 Å². The van der Waals surface area contributed by atoms with Gasteiger partial charge in [0.2, 0.25) is 0 Å². The molecule has 0 aromatic heterocycles. The Morgan fingerprint density at radius 3 is 2.44 bits per heavy atom. The van der Waals surface area contributed by atoms with Crippen LogP contribution in [0.3, 0.4) is 0 Å². The van der Waals surface area contributed by atoms with Crippen LogP contribution in [-0.4, -0.2) is 60.3 Å². The van der Waals surface area contributed by atoms with Crippen molar-refractivity contribution >= 4 is 27.4 Å². The number of ether oxygens (including phenoxy) is 1. The van der Waals surface area contributed by atoms with Crippen molar-refractivity contribution in [1.82, 2.24) is 4.90 Å². The van der Waals surface area contributed by atoms with E-state index in [1.165, 1.54) is 29.2 Å². The molecule has 1 aliphatic heterocycles. The van der Waals surface area contributed by atoms with Crippen LogP contribution in [0, 0.1) is 10.1 Å². The molecule has 0 unspecified atom stereocenters. The summed E-state index contributed by atoms with van der Waals surface area (Å²) in [7, 11) is -3.16. The van der Waals surface area contributed by atoms with Crippen molar-refractivity contribution in [3.8, 4) is 0 Å². The van der Waals surface area contributed by atoms with Gasteiger partial charge in [-0.1, -0.05) is 6.92 Å². The number of nitrogens with zero attached hydrogens (tertiary/aromatic N) is 2. The van der Waals surface area contributed by atoms with Gasteiger partial charge in [-0.25, -0.2) is 13.2 Å². The maximum absolute atomic E-state index is 12.6. The third-order valence-corrected chi connectivity index (χ3v) is 6.35. The Bertz CT molecular complexity index is 820. The second-order valence-electron chi connectivity index (χ2n) is 6.50. The van der Waals surface area contributed by atoms with Gasteiger partial charge in [-0.15, -0.1) is 0 Å². The first-order valence-electron chi connectivity index (χ1n) is 8.57. The molecule has 148 valence electrons. The van der Waals surface area contributed by atoms with Crippen molar-refractivity contribution in [2.45, 2.75) is 38.8 Å². The molecular formula is C17H22N2O7S. The molecule has 0 spiro atoms. The van der Waals surface area contributed by atoms with E-state index in [0.29, 0.717) is 12.8 Å². The minimum Gasteiger partial charge on any atom is -0.452 e. The summed E-state index contributed by atoms with van der Waals surface area (Å²) in [6.45, 7) is 3.19. The van der Waals surface area contributed by atoms with E-state index in [0.717, 1.165) is 0 Å². The zero-order valence-corrected chi connectivity index (χ0v) is 16.0. The zero-order chi connectivity index (χ0) is 20.2. The van der Waals surface area contributed by atoms with Gasteiger partial charge in [-0.2, -0.15) is 0 Å². The number of nitro groups is 1. The molecule has 1 aliphatic rings. The molecule has 2 atom stereocenters. The third kappa shape index (κ3) is 5.25. The highest BCUT2D eigenvalue weighted by Crippen LogP contribution is 2.21. The lowest BCUT2D eigenvalue weighted by atomic mass is 10.1. The van der Waals surface area contributed by atoms with E-state index in [4.69, 9.17) is 4.74 Å². The maximum atomic E-state index is 12.6. The summed E-state index contributed by atoms with van der Waals surface area (Å²) in [5.41, 5.74) is -0.0695. The minimum absolute atomic E-state index is 0.0421. The van der Waals surface area contributed by atoms with Crippen molar-refractivity contribution in [2.24, 2.45) is 0 Å². The average molecular weight is 398 g/mol. The fourth-order valence-electron chi connectivity index (χ4n) is 3.01. The number of hydrogen-bond acceptors (Lipinski definition) is 7. The fraction of sp³-hybridized carbons (Fsp3) is 0.529. The number of sulfone groups is 1. The largest absolute Gasteiger partial charge is 0.452 e. The van der Waals surface area contributed by atoms with Gasteiger partial charge in [0.15, 0.2) is 16.4 Å². The highest BCUT2D eigenvalue weighted by atomic mass is 32.2. The van der Waals surface area contributed by atoms with Gasteiger partial charge in [-0.3, -0.25) is 14.9 Å². The van der Waals surface area contributed by atoms with E-state index in [9.17, 15) is 28.1 Å². The van der Waals surface area contributed by atoms with Crippen LogP contribution in [-0.2, 0) is 19.4 Å². The first-order chi connectivity index (χ1) is 12.6. The molecule has 0 radical (unpaired) electrons. The van der Waals surface area contributed by atoms with Gasteiger partial charge in [-0.05, 0) is 31.9 Å². The normalized spacial score (nSPS) is 19.3. The fourth-order valence-corrected chi connectivity index (χ4v) is 4.72. The Hall–Kier alpha value is -2.49. The molecule has 10 heteroatoms. The van der Waals surface area contributed by atoms with Gasteiger partial charge in [0.1, 0.15) is 0 Å². The van der Waals surface area contributed by atoms with Crippen LogP contribution in [0.25, 0.3) is 0 Å². The van der Waals surface area contributed by atoms with E-state index in [2.05, 4.69) is 0 Å². The van der Waals surface area contributed by atoms with Crippen molar-refractivity contribution in [3.05, 3.63) is 39.9 Å². The van der Waals surface area contributed by atoms with Crippen LogP contribution in [0.15, 0.2) is 24.3 Å². The zero-order valence-electron chi connectivity index (χ0n) is 15.2. The lowest BCUT2D eigenvalue weighted by Crippen LogP contribution is -2.48. The number of carbonyl (C=O) groups is 2. The van der Waals surface area contributed by atoms with E-state index >= 15 is 0 Å². The second kappa shape index (κ2) is 8.47. The average Bonchev–Trinajstić information content (AvgIpc) is 2.99. The van der Waals surface area contributed by atoms with Crippen LogP contribution in [0.1, 0.15) is 37.0 Å². The molecule has 1 heterocycles. The van der Waals surface area contributed by atoms with Crippen molar-refractivity contribution in [2.75, 3.05) is 18.1 Å². The third-order valence-electron chi connectivity index (χ3n) is 4.60. The van der Waals surface area contributed by atoms with Crippen LogP contribution in [0.2, 0.25) is 0 Å². The highest BCUT2D eigenvalue weighted by molar-refractivity contribution is 7.91. The Balaban J connectivity index is 2.02. The number of esters is 1. The van der Waals surface area contributed by atoms with Crippen molar-refractivity contribution in [3.63, 3.8) is 0 Å². The second-order valence-corrected chi connectivity index (χ2v) is 8.72. The number of non-ortho nitro benzene ring substituents is 1.